The lowest BCUT2D eigenvalue weighted by Crippen LogP contribution is -2.61. The average molecular weight is 1600 g/mol. The summed E-state index contributed by atoms with van der Waals surface area (Å²) in [6.07, 6.45) is 0. The van der Waals surface area contributed by atoms with Crippen LogP contribution in [0.4, 0.5) is 34.1 Å². The summed E-state index contributed by atoms with van der Waals surface area (Å²) in [5.74, 6) is 0. The van der Waals surface area contributed by atoms with Crippen molar-refractivity contribution < 1.29 is 4.42 Å². The number of hydrogen-bond donors (Lipinski definition) is 0. The molecule has 19 aromatic rings. The Labute approximate surface area is 756 Å². The summed E-state index contributed by atoms with van der Waals surface area (Å²) in [6.45, 7) is 13.8. The topological polar surface area (TPSA) is 29.5 Å². The minimum absolute atomic E-state index is 0.159. The molecular weight excluding hydrogens is 1500 g/mol. The van der Waals surface area contributed by atoms with Crippen molar-refractivity contribution in [1.29, 1.82) is 0 Å². The molecule has 5 heterocycles. The van der Waals surface area contributed by atoms with Crippen LogP contribution in [-0.2, 0) is 10.8 Å². The molecular formula is C104H93B17N4O. The molecule has 0 amide bonds. The van der Waals surface area contributed by atoms with Crippen molar-refractivity contribution in [3.63, 3.8) is 0 Å². The van der Waals surface area contributed by atoms with Crippen LogP contribution in [0, 0.1) is 0 Å². The summed E-state index contributed by atoms with van der Waals surface area (Å²) in [6, 6.07) is 100. The lowest BCUT2D eigenvalue weighted by atomic mass is 9.33. The van der Waals surface area contributed by atoms with E-state index in [1.54, 1.807) is 0 Å². The Hall–Kier alpha value is -12.4. The standard InChI is InChI=1S/C104H93B17N4O/c1-103(2,3)61-37-60(38-62(47-61)104(4,5)6)68-43-58(44-69-67-29-19-20-30-76(67)126-102(68)69)59-45-74-97-75(46-59)123(66-41-56(52-25-15-9-16-26-52)36-57(42-66)53-27-17-10-18-28-53)73-49-64(125-100-79(83(107)87(111)91(115)95(100)119)80-84(108)88(112)92(116)96(120)101(80)125)32-34-71(73)121(97)70-33-31-63(124-98-77(81(105)85(109)89(113)93(98)117)78-82(106)86(110)90(114)94(118)99(78)124)48-72(70)122(74)65-39-54(50-21-11-7-12-22-50)35-55(40-65)51-23-13-8-14-24-51/h7-49H,105-120H2,1-6H3. The highest BCUT2D eigenvalue weighted by Gasteiger charge is 2.45. The summed E-state index contributed by atoms with van der Waals surface area (Å²) in [5.41, 5.74) is 56.2. The molecule has 0 unspecified atom stereocenters. The van der Waals surface area contributed by atoms with Gasteiger partial charge >= 0.3 is 0 Å². The maximum absolute atomic E-state index is 7.33. The molecule has 16 aromatic carbocycles. The van der Waals surface area contributed by atoms with Gasteiger partial charge in [-0.25, -0.2) is 0 Å². The van der Waals surface area contributed by atoms with Gasteiger partial charge in [-0.3, -0.25) is 0 Å². The highest BCUT2D eigenvalue weighted by Crippen LogP contribution is 2.52. The Morgan fingerprint density at radius 1 is 0.246 bits per heavy atom. The lowest BCUT2D eigenvalue weighted by Gasteiger charge is -2.45. The van der Waals surface area contributed by atoms with Crippen LogP contribution in [0.5, 0.6) is 0 Å². The first-order chi connectivity index (χ1) is 60.4. The van der Waals surface area contributed by atoms with Crippen molar-refractivity contribution >= 4 is 336 Å². The van der Waals surface area contributed by atoms with Gasteiger partial charge in [0.1, 0.15) is 137 Å². The monoisotopic (exact) mass is 1600 g/mol. The van der Waals surface area contributed by atoms with Crippen molar-refractivity contribution in [2.75, 3.05) is 9.80 Å². The van der Waals surface area contributed by atoms with Crippen LogP contribution in [0.15, 0.2) is 265 Å². The molecule has 0 radical (unpaired) electrons. The smallest absolute Gasteiger partial charge is 0.252 e. The van der Waals surface area contributed by atoms with Crippen molar-refractivity contribution in [3.8, 4) is 78.1 Å². The molecule has 22 heteroatoms. The minimum atomic E-state index is -0.310. The third-order valence-electron chi connectivity index (χ3n) is 30.1. The second kappa shape index (κ2) is 29.6. The van der Waals surface area contributed by atoms with E-state index < -0.39 is 0 Å². The van der Waals surface area contributed by atoms with Crippen molar-refractivity contribution in [3.05, 3.63) is 272 Å². The molecule has 0 atom stereocenters. The van der Waals surface area contributed by atoms with Crippen LogP contribution in [0.2, 0.25) is 0 Å². The average Bonchev–Trinajstić information content (AvgIpc) is 1.23. The molecule has 3 aromatic heterocycles. The van der Waals surface area contributed by atoms with Crippen LogP contribution in [-0.4, -0.2) is 141 Å². The second-order valence-electron chi connectivity index (χ2n) is 38.9. The maximum Gasteiger partial charge on any atom is 0.252 e. The van der Waals surface area contributed by atoms with Crippen LogP contribution in [0.1, 0.15) is 52.7 Å². The van der Waals surface area contributed by atoms with E-state index >= 15 is 0 Å². The van der Waals surface area contributed by atoms with Gasteiger partial charge < -0.3 is 23.4 Å². The molecule has 0 bridgehead atoms. The summed E-state index contributed by atoms with van der Waals surface area (Å²) in [7, 11) is 37.7. The molecule has 586 valence electrons. The molecule has 0 saturated carbocycles. The highest BCUT2D eigenvalue weighted by molar-refractivity contribution is 7.00. The molecule has 2 aliphatic rings. The molecule has 0 spiro atoms. The zero-order valence-corrected chi connectivity index (χ0v) is 77.1. The fourth-order valence-corrected chi connectivity index (χ4v) is 21.7. The molecule has 0 fully saturated rings. The molecule has 0 N–H and O–H groups in total. The summed E-state index contributed by atoms with van der Waals surface area (Å²) in [4.78, 5) is 5.41. The van der Waals surface area contributed by atoms with E-state index in [-0.39, 0.29) is 17.5 Å². The SMILES string of the molecule is Bc1c(B)c(B)c2c(c1B)c1c(B)c(B)c(B)c(B)c1n2-c1ccc2c(c1)N(c1cc(-c3ccccc3)cc(-c3ccccc3)c1)c1cc(-c3cc(-c4cc(C(C)(C)C)cc(C(C)(C)C)c4)c4oc5ccccc5c4c3)cc3c1B2c1ccc(-n2c4c(B)c(B)c(B)c(B)c4c4c(B)c(B)c(B)c(B)c42)cc1N3c1cc(-c2ccccc2)cc(-c2ccccc2)c1. The number of para-hydroxylation sites is 1. The Balaban J connectivity index is 0.968. The minimum Gasteiger partial charge on any atom is -0.455 e. The van der Waals surface area contributed by atoms with Gasteiger partial charge in [0.15, 0.2) is 0 Å². The largest absolute Gasteiger partial charge is 0.455 e. The molecule has 126 heavy (non-hydrogen) atoms. The van der Waals surface area contributed by atoms with Crippen molar-refractivity contribution in [2.24, 2.45) is 0 Å². The zero-order valence-electron chi connectivity index (χ0n) is 77.1. The van der Waals surface area contributed by atoms with E-state index in [0.717, 1.165) is 134 Å². The van der Waals surface area contributed by atoms with Gasteiger partial charge in [-0.1, -0.05) is 277 Å². The predicted molar refractivity (Wildman–Crippen MR) is 597 cm³/mol. The van der Waals surface area contributed by atoms with E-state index in [4.69, 9.17) is 4.42 Å². The van der Waals surface area contributed by atoms with E-state index in [1.807, 2.05) is 0 Å². The number of aromatic nitrogens is 2. The number of nitrogens with zero attached hydrogens (tertiary/aromatic N) is 4. The number of furan rings is 1. The van der Waals surface area contributed by atoms with Crippen molar-refractivity contribution in [1.82, 2.24) is 9.13 Å². The Bertz CT molecular complexity index is 7280. The lowest BCUT2D eigenvalue weighted by molar-refractivity contribution is 0.569. The van der Waals surface area contributed by atoms with Crippen molar-refractivity contribution in [2.45, 2.75) is 52.4 Å². The Kier molecular flexibility index (Phi) is 19.0. The zero-order chi connectivity index (χ0) is 87.6. The van der Waals surface area contributed by atoms with Crippen LogP contribution < -0.4 is 114 Å². The van der Waals surface area contributed by atoms with Gasteiger partial charge in [0.2, 0.25) is 0 Å². The van der Waals surface area contributed by atoms with Gasteiger partial charge in [-0.2, -0.15) is 0 Å². The van der Waals surface area contributed by atoms with Gasteiger partial charge in [-0.05, 0) is 212 Å². The summed E-state index contributed by atoms with van der Waals surface area (Å²) >= 11 is 0. The third kappa shape index (κ3) is 12.3. The first kappa shape index (κ1) is 80.7. The maximum atomic E-state index is 7.33. The van der Waals surface area contributed by atoms with E-state index in [0.29, 0.717) is 0 Å². The molecule has 0 saturated heterocycles. The molecule has 2 aliphatic heterocycles. The van der Waals surface area contributed by atoms with Gasteiger partial charge in [-0.15, -0.1) is 21.9 Å². The number of rotatable bonds is 10. The number of hydrogen-bond acceptors (Lipinski definition) is 3. The van der Waals surface area contributed by atoms with E-state index in [9.17, 15) is 0 Å². The van der Waals surface area contributed by atoms with Crippen LogP contribution >= 0.6 is 0 Å². The van der Waals surface area contributed by atoms with Gasteiger partial charge in [0, 0.05) is 83.9 Å². The molecule has 5 nitrogen and oxygen atoms in total. The third-order valence-corrected chi connectivity index (χ3v) is 30.1. The highest BCUT2D eigenvalue weighted by atomic mass is 16.3. The molecule has 0 aliphatic carbocycles. The normalized spacial score (nSPS) is 12.7. The first-order valence-electron chi connectivity index (χ1n) is 45.2. The summed E-state index contributed by atoms with van der Waals surface area (Å²) < 4.78 is 12.7. The van der Waals surface area contributed by atoms with Gasteiger partial charge in [0.05, 0.1) is 0 Å². The number of anilines is 6. The number of benzene rings is 16. The fourth-order valence-electron chi connectivity index (χ4n) is 21.7. The second-order valence-corrected chi connectivity index (χ2v) is 38.9. The van der Waals surface area contributed by atoms with E-state index in [1.165, 1.54) is 159 Å². The quantitative estimate of drug-likeness (QED) is 0.158. The van der Waals surface area contributed by atoms with E-state index in [2.05, 4.69) is 447 Å². The summed E-state index contributed by atoms with van der Waals surface area (Å²) in [5, 5.41) is 7.51. The number of fused-ring (bicyclic) bond motifs is 13. The molecule has 21 rings (SSSR count). The van der Waals surface area contributed by atoms with Crippen LogP contribution in [0.25, 0.3) is 144 Å². The fraction of sp³-hybridized carbons (Fsp3) is 0.0769. The van der Waals surface area contributed by atoms with Gasteiger partial charge in [0.25, 0.3) is 6.71 Å². The first-order valence-corrected chi connectivity index (χ1v) is 45.2. The Morgan fingerprint density at radius 2 is 0.563 bits per heavy atom. The Morgan fingerprint density at radius 3 is 0.913 bits per heavy atom. The van der Waals surface area contributed by atoms with Crippen LogP contribution in [0.3, 0.4) is 0 Å². The predicted octanol–water partition coefficient (Wildman–Crippen LogP) is -1.41.